The highest BCUT2D eigenvalue weighted by Crippen LogP contribution is 2.21. The van der Waals surface area contributed by atoms with Gasteiger partial charge in [-0.15, -0.1) is 0 Å². The summed E-state index contributed by atoms with van der Waals surface area (Å²) in [6.07, 6.45) is 3.05. The number of nitrogens with zero attached hydrogens (tertiary/aromatic N) is 1. The van der Waals surface area contributed by atoms with Gasteiger partial charge in [-0.3, -0.25) is 4.79 Å². The molecule has 1 aliphatic carbocycles. The van der Waals surface area contributed by atoms with Gasteiger partial charge < -0.3 is 15.4 Å². The Morgan fingerprint density at radius 2 is 2.27 bits per heavy atom. The monoisotopic (exact) mass is 208 g/mol. The van der Waals surface area contributed by atoms with Crippen LogP contribution in [0.2, 0.25) is 0 Å². The summed E-state index contributed by atoms with van der Waals surface area (Å²) in [4.78, 5) is 11.9. The van der Waals surface area contributed by atoms with E-state index < -0.39 is 0 Å². The molecule has 1 aromatic heterocycles. The SMILES string of the molecule is NCc1cc2c(n(CCO)c1=O)CCC2. The molecule has 0 aliphatic heterocycles. The van der Waals surface area contributed by atoms with Crippen molar-refractivity contribution in [1.29, 1.82) is 0 Å². The zero-order valence-electron chi connectivity index (χ0n) is 8.70. The van der Waals surface area contributed by atoms with Crippen LogP contribution >= 0.6 is 0 Å². The summed E-state index contributed by atoms with van der Waals surface area (Å²) >= 11 is 0. The molecule has 0 radical (unpaired) electrons. The van der Waals surface area contributed by atoms with E-state index in [-0.39, 0.29) is 18.7 Å². The van der Waals surface area contributed by atoms with Crippen LogP contribution in [0.1, 0.15) is 23.2 Å². The van der Waals surface area contributed by atoms with E-state index in [9.17, 15) is 4.79 Å². The van der Waals surface area contributed by atoms with Crippen molar-refractivity contribution in [3.05, 3.63) is 33.2 Å². The van der Waals surface area contributed by atoms with Gasteiger partial charge in [-0.2, -0.15) is 0 Å². The molecule has 1 aliphatic rings. The Morgan fingerprint density at radius 3 is 2.93 bits per heavy atom. The van der Waals surface area contributed by atoms with E-state index in [4.69, 9.17) is 10.8 Å². The first-order valence-electron chi connectivity index (χ1n) is 5.33. The summed E-state index contributed by atoms with van der Waals surface area (Å²) < 4.78 is 1.69. The van der Waals surface area contributed by atoms with Crippen molar-refractivity contribution in [2.24, 2.45) is 5.73 Å². The molecule has 4 nitrogen and oxygen atoms in total. The Kier molecular flexibility index (Phi) is 2.88. The lowest BCUT2D eigenvalue weighted by molar-refractivity contribution is 0.272. The maximum absolute atomic E-state index is 11.9. The molecule has 3 N–H and O–H groups in total. The first-order chi connectivity index (χ1) is 7.27. The van der Waals surface area contributed by atoms with Gasteiger partial charge in [0.25, 0.3) is 5.56 Å². The Morgan fingerprint density at radius 1 is 1.47 bits per heavy atom. The molecule has 0 saturated heterocycles. The van der Waals surface area contributed by atoms with E-state index in [2.05, 4.69) is 0 Å². The van der Waals surface area contributed by atoms with Crippen LogP contribution in [0.3, 0.4) is 0 Å². The number of rotatable bonds is 3. The van der Waals surface area contributed by atoms with Crippen LogP contribution in [-0.4, -0.2) is 16.3 Å². The first kappa shape index (κ1) is 10.4. The highest BCUT2D eigenvalue weighted by atomic mass is 16.3. The molecule has 4 heteroatoms. The molecule has 0 aromatic carbocycles. The minimum atomic E-state index is -0.0350. The van der Waals surface area contributed by atoms with Crippen LogP contribution < -0.4 is 11.3 Å². The summed E-state index contributed by atoms with van der Waals surface area (Å²) in [5.41, 5.74) is 8.47. The molecule has 0 bridgehead atoms. The van der Waals surface area contributed by atoms with Crippen LogP contribution in [0, 0.1) is 0 Å². The molecular formula is C11H16N2O2. The Balaban J connectivity index is 2.58. The average Bonchev–Trinajstić information content (AvgIpc) is 2.69. The van der Waals surface area contributed by atoms with E-state index >= 15 is 0 Å². The van der Waals surface area contributed by atoms with Gasteiger partial charge in [0.1, 0.15) is 0 Å². The highest BCUT2D eigenvalue weighted by molar-refractivity contribution is 5.30. The van der Waals surface area contributed by atoms with Crippen LogP contribution in [0.4, 0.5) is 0 Å². The third-order valence-electron chi connectivity index (χ3n) is 2.97. The minimum Gasteiger partial charge on any atom is -0.395 e. The Bertz CT molecular complexity index is 423. The van der Waals surface area contributed by atoms with Crippen molar-refractivity contribution in [3.8, 4) is 0 Å². The van der Waals surface area contributed by atoms with Crippen LogP contribution in [0.5, 0.6) is 0 Å². The van der Waals surface area contributed by atoms with Crippen molar-refractivity contribution in [2.45, 2.75) is 32.4 Å². The lowest BCUT2D eigenvalue weighted by Gasteiger charge is -2.12. The van der Waals surface area contributed by atoms with Gasteiger partial charge in [-0.05, 0) is 30.9 Å². The van der Waals surface area contributed by atoms with E-state index in [1.165, 1.54) is 5.56 Å². The summed E-state index contributed by atoms with van der Waals surface area (Å²) in [5, 5.41) is 8.95. The molecular weight excluding hydrogens is 192 g/mol. The van der Waals surface area contributed by atoms with Crippen molar-refractivity contribution < 1.29 is 5.11 Å². The second-order valence-corrected chi connectivity index (χ2v) is 3.88. The number of fused-ring (bicyclic) bond motifs is 1. The predicted molar refractivity (Wildman–Crippen MR) is 57.7 cm³/mol. The topological polar surface area (TPSA) is 68.2 Å². The summed E-state index contributed by atoms with van der Waals surface area (Å²) in [7, 11) is 0. The van der Waals surface area contributed by atoms with Crippen LogP contribution in [0.25, 0.3) is 0 Å². The van der Waals surface area contributed by atoms with E-state index in [0.717, 1.165) is 25.0 Å². The number of aliphatic hydroxyl groups is 1. The largest absolute Gasteiger partial charge is 0.395 e. The second-order valence-electron chi connectivity index (χ2n) is 3.88. The Hall–Kier alpha value is -1.13. The fraction of sp³-hybridized carbons (Fsp3) is 0.545. The van der Waals surface area contributed by atoms with E-state index in [0.29, 0.717) is 12.1 Å². The number of aromatic nitrogens is 1. The van der Waals surface area contributed by atoms with Crippen LogP contribution in [0.15, 0.2) is 10.9 Å². The minimum absolute atomic E-state index is 0.000368. The fourth-order valence-electron chi connectivity index (χ4n) is 2.27. The molecule has 0 atom stereocenters. The highest BCUT2D eigenvalue weighted by Gasteiger charge is 2.17. The smallest absolute Gasteiger partial charge is 0.255 e. The van der Waals surface area contributed by atoms with Crippen molar-refractivity contribution in [1.82, 2.24) is 4.57 Å². The maximum Gasteiger partial charge on any atom is 0.255 e. The number of hydrogen-bond acceptors (Lipinski definition) is 3. The Labute approximate surface area is 88.3 Å². The molecule has 0 saturated carbocycles. The zero-order chi connectivity index (χ0) is 10.8. The van der Waals surface area contributed by atoms with Gasteiger partial charge in [-0.1, -0.05) is 0 Å². The molecule has 82 valence electrons. The summed E-state index contributed by atoms with van der Waals surface area (Å²) in [5.74, 6) is 0. The quantitative estimate of drug-likeness (QED) is 0.722. The zero-order valence-corrected chi connectivity index (χ0v) is 8.70. The third kappa shape index (κ3) is 1.70. The van der Waals surface area contributed by atoms with Gasteiger partial charge in [0.05, 0.1) is 6.61 Å². The molecule has 0 fully saturated rings. The van der Waals surface area contributed by atoms with Crippen molar-refractivity contribution in [3.63, 3.8) is 0 Å². The molecule has 0 unspecified atom stereocenters. The molecule has 1 aromatic rings. The summed E-state index contributed by atoms with van der Waals surface area (Å²) in [6.45, 7) is 0.660. The van der Waals surface area contributed by atoms with Crippen molar-refractivity contribution >= 4 is 0 Å². The summed E-state index contributed by atoms with van der Waals surface area (Å²) in [6, 6.07) is 1.93. The first-order valence-corrected chi connectivity index (χ1v) is 5.33. The van der Waals surface area contributed by atoms with Crippen LogP contribution in [-0.2, 0) is 25.9 Å². The van der Waals surface area contributed by atoms with Gasteiger partial charge in [-0.25, -0.2) is 0 Å². The normalized spacial score (nSPS) is 14.3. The third-order valence-corrected chi connectivity index (χ3v) is 2.97. The van der Waals surface area contributed by atoms with Gasteiger partial charge in [0, 0.05) is 24.3 Å². The van der Waals surface area contributed by atoms with Crippen molar-refractivity contribution in [2.75, 3.05) is 6.61 Å². The number of pyridine rings is 1. The molecule has 1 heterocycles. The number of hydrogen-bond donors (Lipinski definition) is 2. The molecule has 0 spiro atoms. The predicted octanol–water partition coefficient (Wildman–Crippen LogP) is -0.212. The second kappa shape index (κ2) is 4.16. The van der Waals surface area contributed by atoms with E-state index in [1.807, 2.05) is 6.07 Å². The molecule has 0 amide bonds. The number of nitrogens with two attached hydrogens (primary N) is 1. The van der Waals surface area contributed by atoms with E-state index in [1.54, 1.807) is 4.57 Å². The lowest BCUT2D eigenvalue weighted by atomic mass is 10.1. The number of aryl methyl sites for hydroxylation is 1. The fourth-order valence-corrected chi connectivity index (χ4v) is 2.27. The molecule has 15 heavy (non-hydrogen) atoms. The maximum atomic E-state index is 11.9. The van der Waals surface area contributed by atoms with Gasteiger partial charge >= 0.3 is 0 Å². The molecule has 2 rings (SSSR count). The van der Waals surface area contributed by atoms with Gasteiger partial charge in [0.2, 0.25) is 0 Å². The number of aliphatic hydroxyl groups excluding tert-OH is 1. The lowest BCUT2D eigenvalue weighted by Crippen LogP contribution is -2.29. The standard InChI is InChI=1S/C11H16N2O2/c12-7-9-6-8-2-1-3-10(8)13(4-5-14)11(9)15/h6,14H,1-5,7,12H2. The van der Waals surface area contributed by atoms with Gasteiger partial charge in [0.15, 0.2) is 0 Å². The average molecular weight is 208 g/mol.